The number of amides is 1. The third-order valence-corrected chi connectivity index (χ3v) is 4.09. The van der Waals surface area contributed by atoms with E-state index in [1.165, 1.54) is 0 Å². The Morgan fingerprint density at radius 1 is 1.45 bits per heavy atom. The van der Waals surface area contributed by atoms with Crippen molar-refractivity contribution in [3.63, 3.8) is 0 Å². The molecule has 1 saturated carbocycles. The summed E-state index contributed by atoms with van der Waals surface area (Å²) >= 11 is 0. The second-order valence-corrected chi connectivity index (χ2v) is 5.58. The monoisotopic (exact) mass is 274 g/mol. The number of hydrogen-bond acceptors (Lipinski definition) is 3. The van der Waals surface area contributed by atoms with Gasteiger partial charge < -0.3 is 5.32 Å². The number of carbonyl (C=O) groups is 1. The van der Waals surface area contributed by atoms with Crippen molar-refractivity contribution in [2.24, 2.45) is 12.5 Å². The quantitative estimate of drug-likeness (QED) is 0.861. The van der Waals surface area contributed by atoms with E-state index in [0.717, 1.165) is 43.5 Å². The smallest absolute Gasteiger partial charge is 0.244 e. The summed E-state index contributed by atoms with van der Waals surface area (Å²) < 4.78 is 1.70. The molecule has 0 atom stereocenters. The minimum Gasteiger partial charge on any atom is -0.322 e. The average Bonchev–Trinajstić information content (AvgIpc) is 2.66. The van der Waals surface area contributed by atoms with Crippen LogP contribution in [0.4, 0.5) is 5.69 Å². The maximum atomic E-state index is 12.6. The largest absolute Gasteiger partial charge is 0.322 e. The maximum absolute atomic E-state index is 12.6. The standard InChI is InChI=1S/C15H22N4O/c1-3-12-13(10-19(2)18-12)17-14(20)15(11-16)8-6-4-5-7-9-15/h10H,3-9H2,1-2H3,(H,17,20). The van der Waals surface area contributed by atoms with Gasteiger partial charge in [0.1, 0.15) is 5.41 Å². The summed E-state index contributed by atoms with van der Waals surface area (Å²) in [5.41, 5.74) is 0.735. The summed E-state index contributed by atoms with van der Waals surface area (Å²) in [6.45, 7) is 2.00. The fraction of sp³-hybridized carbons (Fsp3) is 0.667. The fourth-order valence-corrected chi connectivity index (χ4v) is 2.86. The number of nitriles is 1. The first-order valence-corrected chi connectivity index (χ1v) is 7.36. The van der Waals surface area contributed by atoms with Crippen molar-refractivity contribution in [3.8, 4) is 6.07 Å². The van der Waals surface area contributed by atoms with Gasteiger partial charge in [0.25, 0.3) is 0 Å². The normalized spacial score (nSPS) is 18.1. The zero-order chi connectivity index (χ0) is 14.6. The topological polar surface area (TPSA) is 70.7 Å². The Labute approximate surface area is 120 Å². The lowest BCUT2D eigenvalue weighted by molar-refractivity contribution is -0.123. The molecule has 20 heavy (non-hydrogen) atoms. The summed E-state index contributed by atoms with van der Waals surface area (Å²) in [6.07, 6.45) is 8.03. The van der Waals surface area contributed by atoms with Gasteiger partial charge in [0.15, 0.2) is 0 Å². The van der Waals surface area contributed by atoms with Crippen LogP contribution in [-0.2, 0) is 18.3 Å². The van der Waals surface area contributed by atoms with E-state index < -0.39 is 5.41 Å². The van der Waals surface area contributed by atoms with Gasteiger partial charge in [-0.3, -0.25) is 9.48 Å². The number of aromatic nitrogens is 2. The van der Waals surface area contributed by atoms with E-state index in [9.17, 15) is 10.1 Å². The van der Waals surface area contributed by atoms with E-state index in [2.05, 4.69) is 16.5 Å². The summed E-state index contributed by atoms with van der Waals surface area (Å²) in [7, 11) is 1.83. The predicted molar refractivity (Wildman–Crippen MR) is 77.0 cm³/mol. The van der Waals surface area contributed by atoms with Crippen LogP contribution in [0.25, 0.3) is 0 Å². The fourth-order valence-electron chi connectivity index (χ4n) is 2.86. The van der Waals surface area contributed by atoms with Crippen molar-refractivity contribution >= 4 is 11.6 Å². The molecule has 1 fully saturated rings. The van der Waals surface area contributed by atoms with Crippen molar-refractivity contribution in [2.45, 2.75) is 51.9 Å². The average molecular weight is 274 g/mol. The van der Waals surface area contributed by atoms with Gasteiger partial charge in [0.2, 0.25) is 5.91 Å². The van der Waals surface area contributed by atoms with E-state index in [4.69, 9.17) is 0 Å². The number of rotatable bonds is 3. The van der Waals surface area contributed by atoms with Gasteiger partial charge in [0.05, 0.1) is 17.5 Å². The number of hydrogen-bond donors (Lipinski definition) is 1. The van der Waals surface area contributed by atoms with Crippen molar-refractivity contribution < 1.29 is 4.79 Å². The van der Waals surface area contributed by atoms with Crippen LogP contribution in [0.5, 0.6) is 0 Å². The predicted octanol–water partition coefficient (Wildman–Crippen LogP) is 2.79. The number of anilines is 1. The SMILES string of the molecule is CCc1nn(C)cc1NC(=O)C1(C#N)CCCCCC1. The van der Waals surface area contributed by atoms with Crippen LogP contribution in [0.15, 0.2) is 6.20 Å². The summed E-state index contributed by atoms with van der Waals surface area (Å²) in [6, 6.07) is 2.28. The number of nitrogens with zero attached hydrogens (tertiary/aromatic N) is 3. The van der Waals surface area contributed by atoms with Gasteiger partial charge in [-0.15, -0.1) is 0 Å². The first-order chi connectivity index (χ1) is 9.61. The molecule has 1 aromatic heterocycles. The molecule has 0 aromatic carbocycles. The van der Waals surface area contributed by atoms with Crippen LogP contribution >= 0.6 is 0 Å². The van der Waals surface area contributed by atoms with Crippen LogP contribution in [0.2, 0.25) is 0 Å². The Bertz CT molecular complexity index is 518. The van der Waals surface area contributed by atoms with Gasteiger partial charge in [-0.1, -0.05) is 32.6 Å². The van der Waals surface area contributed by atoms with Crippen LogP contribution in [0.1, 0.15) is 51.1 Å². The second kappa shape index (κ2) is 6.08. The van der Waals surface area contributed by atoms with Gasteiger partial charge in [-0.2, -0.15) is 10.4 Å². The molecule has 0 radical (unpaired) electrons. The lowest BCUT2D eigenvalue weighted by atomic mass is 9.81. The Balaban J connectivity index is 2.18. The molecule has 5 heteroatoms. The number of nitrogens with one attached hydrogen (secondary N) is 1. The zero-order valence-electron chi connectivity index (χ0n) is 12.3. The van der Waals surface area contributed by atoms with Gasteiger partial charge in [-0.25, -0.2) is 0 Å². The molecule has 0 saturated heterocycles. The summed E-state index contributed by atoms with van der Waals surface area (Å²) in [5, 5.41) is 16.8. The van der Waals surface area contributed by atoms with E-state index in [1.54, 1.807) is 10.9 Å². The Morgan fingerprint density at radius 2 is 2.10 bits per heavy atom. The van der Waals surface area contributed by atoms with Crippen molar-refractivity contribution in [2.75, 3.05) is 5.32 Å². The molecule has 1 amide bonds. The molecule has 1 aliphatic carbocycles. The van der Waals surface area contributed by atoms with Crippen LogP contribution in [-0.4, -0.2) is 15.7 Å². The molecular formula is C15H22N4O. The Hall–Kier alpha value is -1.83. The Morgan fingerprint density at radius 3 is 2.65 bits per heavy atom. The summed E-state index contributed by atoms with van der Waals surface area (Å²) in [4.78, 5) is 12.6. The second-order valence-electron chi connectivity index (χ2n) is 5.58. The molecule has 0 aliphatic heterocycles. The van der Waals surface area contributed by atoms with E-state index in [1.807, 2.05) is 14.0 Å². The van der Waals surface area contributed by atoms with E-state index >= 15 is 0 Å². The van der Waals surface area contributed by atoms with Gasteiger partial charge in [0, 0.05) is 13.2 Å². The van der Waals surface area contributed by atoms with Crippen molar-refractivity contribution in [1.82, 2.24) is 9.78 Å². The highest BCUT2D eigenvalue weighted by atomic mass is 16.2. The van der Waals surface area contributed by atoms with Crippen molar-refractivity contribution in [3.05, 3.63) is 11.9 Å². The zero-order valence-corrected chi connectivity index (χ0v) is 12.3. The van der Waals surface area contributed by atoms with Crippen molar-refractivity contribution in [1.29, 1.82) is 5.26 Å². The highest BCUT2D eigenvalue weighted by molar-refractivity contribution is 5.97. The molecule has 108 valence electrons. The third kappa shape index (κ3) is 2.84. The van der Waals surface area contributed by atoms with E-state index in [0.29, 0.717) is 12.8 Å². The van der Waals surface area contributed by atoms with E-state index in [-0.39, 0.29) is 5.91 Å². The first-order valence-electron chi connectivity index (χ1n) is 7.36. The first kappa shape index (κ1) is 14.6. The molecule has 0 bridgehead atoms. The highest BCUT2D eigenvalue weighted by Gasteiger charge is 2.39. The minimum atomic E-state index is -0.864. The number of carbonyl (C=O) groups excluding carboxylic acids is 1. The molecule has 0 unspecified atom stereocenters. The molecule has 0 spiro atoms. The molecule has 1 heterocycles. The number of aryl methyl sites for hydroxylation is 2. The molecule has 1 aliphatic rings. The van der Waals surface area contributed by atoms with Gasteiger partial charge in [-0.05, 0) is 19.3 Å². The van der Waals surface area contributed by atoms with Gasteiger partial charge >= 0.3 is 0 Å². The summed E-state index contributed by atoms with van der Waals surface area (Å²) in [5.74, 6) is -0.162. The molecular weight excluding hydrogens is 252 g/mol. The van der Waals surface area contributed by atoms with Crippen LogP contribution in [0.3, 0.4) is 0 Å². The lowest BCUT2D eigenvalue weighted by Gasteiger charge is -2.23. The Kier molecular flexibility index (Phi) is 4.43. The minimum absolute atomic E-state index is 0.162. The molecule has 1 N–H and O–H groups in total. The van der Waals surface area contributed by atoms with Crippen LogP contribution < -0.4 is 5.32 Å². The third-order valence-electron chi connectivity index (χ3n) is 4.09. The highest BCUT2D eigenvalue weighted by Crippen LogP contribution is 2.35. The molecule has 1 aromatic rings. The lowest BCUT2D eigenvalue weighted by Crippen LogP contribution is -2.34. The maximum Gasteiger partial charge on any atom is 0.244 e. The molecule has 5 nitrogen and oxygen atoms in total. The molecule has 2 rings (SSSR count). The van der Waals surface area contributed by atoms with Crippen LogP contribution in [0, 0.1) is 16.7 Å².